The van der Waals surface area contributed by atoms with Crippen molar-refractivity contribution in [3.05, 3.63) is 23.2 Å². The molecule has 0 fully saturated rings. The predicted octanol–water partition coefficient (Wildman–Crippen LogP) is 6.77. The quantitative estimate of drug-likeness (QED) is 0.302. The molecule has 0 spiro atoms. The van der Waals surface area contributed by atoms with Gasteiger partial charge < -0.3 is 0 Å². The van der Waals surface area contributed by atoms with Gasteiger partial charge in [0.25, 0.3) is 0 Å². The van der Waals surface area contributed by atoms with Gasteiger partial charge in [-0.1, -0.05) is 84.7 Å². The average molecular weight is 349 g/mol. The van der Waals surface area contributed by atoms with Gasteiger partial charge in [-0.2, -0.15) is 0 Å². The van der Waals surface area contributed by atoms with Crippen molar-refractivity contribution >= 4 is 15.9 Å². The lowest BCUT2D eigenvalue weighted by Crippen LogP contribution is -1.77. The fraction of sp³-hybridized carbons (Fsp3) is 0.600. The number of rotatable bonds is 10. The van der Waals surface area contributed by atoms with Crippen LogP contribution in [0.3, 0.4) is 0 Å². The van der Waals surface area contributed by atoms with Gasteiger partial charge in [-0.15, -0.1) is 0 Å². The van der Waals surface area contributed by atoms with Gasteiger partial charge in [0.1, 0.15) is 0 Å². The van der Waals surface area contributed by atoms with Gasteiger partial charge in [-0.05, 0) is 42.8 Å². The van der Waals surface area contributed by atoms with Crippen LogP contribution in [0.25, 0.3) is 0 Å². The topological polar surface area (TPSA) is 0 Å². The standard InChI is InChI=1S/C20H29Br/c1-2-3-4-5-6-7-8-9-10-11-12-13-14-15-16-17-18-19-20-21/h9-10,19-20H,2-6,11-16H2,1H3/b10-9+,20-19+. The Hall–Kier alpha value is -0.920. The van der Waals surface area contributed by atoms with Crippen LogP contribution in [-0.4, -0.2) is 0 Å². The summed E-state index contributed by atoms with van der Waals surface area (Å²) in [7, 11) is 0. The van der Waals surface area contributed by atoms with Crippen molar-refractivity contribution in [1.29, 1.82) is 0 Å². The van der Waals surface area contributed by atoms with Gasteiger partial charge in [0.15, 0.2) is 0 Å². The zero-order valence-electron chi connectivity index (χ0n) is 13.5. The first-order chi connectivity index (χ1) is 10.4. The van der Waals surface area contributed by atoms with E-state index in [4.69, 9.17) is 0 Å². The molecule has 0 rings (SSSR count). The normalized spacial score (nSPS) is 10.4. The number of halogens is 1. The molecule has 0 amide bonds. The summed E-state index contributed by atoms with van der Waals surface area (Å²) in [6.07, 6.45) is 19.6. The van der Waals surface area contributed by atoms with Crippen LogP contribution >= 0.6 is 15.9 Å². The largest absolute Gasteiger partial charge is 0.0985 e. The van der Waals surface area contributed by atoms with Crippen molar-refractivity contribution in [3.63, 3.8) is 0 Å². The molecule has 21 heavy (non-hydrogen) atoms. The van der Waals surface area contributed by atoms with Crippen molar-refractivity contribution in [2.45, 2.75) is 77.6 Å². The summed E-state index contributed by atoms with van der Waals surface area (Å²) >= 11 is 3.20. The third kappa shape index (κ3) is 19.1. The lowest BCUT2D eigenvalue weighted by atomic mass is 10.1. The highest BCUT2D eigenvalue weighted by Crippen LogP contribution is 2.05. The lowest BCUT2D eigenvalue weighted by Gasteiger charge is -1.95. The molecule has 0 aliphatic heterocycles. The van der Waals surface area contributed by atoms with Crippen LogP contribution in [0.5, 0.6) is 0 Å². The summed E-state index contributed by atoms with van der Waals surface area (Å²) in [5.41, 5.74) is 0. The van der Waals surface area contributed by atoms with E-state index in [0.717, 1.165) is 19.3 Å². The molecule has 0 nitrogen and oxygen atoms in total. The average Bonchev–Trinajstić information content (AvgIpc) is 2.50. The van der Waals surface area contributed by atoms with E-state index >= 15 is 0 Å². The van der Waals surface area contributed by atoms with E-state index in [2.05, 4.69) is 52.6 Å². The van der Waals surface area contributed by atoms with E-state index in [9.17, 15) is 0 Å². The number of hydrogen-bond acceptors (Lipinski definition) is 0. The molecule has 0 saturated heterocycles. The van der Waals surface area contributed by atoms with Gasteiger partial charge in [0, 0.05) is 12.8 Å². The molecule has 0 heterocycles. The molecule has 0 unspecified atom stereocenters. The Labute approximate surface area is 140 Å². The van der Waals surface area contributed by atoms with Crippen LogP contribution in [0.4, 0.5) is 0 Å². The summed E-state index contributed by atoms with van der Waals surface area (Å²) in [6.45, 7) is 2.24. The van der Waals surface area contributed by atoms with Crippen LogP contribution in [0.1, 0.15) is 77.6 Å². The van der Waals surface area contributed by atoms with Crippen LogP contribution < -0.4 is 0 Å². The van der Waals surface area contributed by atoms with Crippen molar-refractivity contribution in [2.24, 2.45) is 0 Å². The lowest BCUT2D eigenvalue weighted by molar-refractivity contribution is 0.656. The maximum atomic E-state index is 3.22. The fourth-order valence-electron chi connectivity index (χ4n) is 1.91. The van der Waals surface area contributed by atoms with E-state index in [1.807, 2.05) is 12.2 Å². The molecule has 0 aliphatic carbocycles. The first-order valence-corrected chi connectivity index (χ1v) is 9.20. The summed E-state index contributed by atoms with van der Waals surface area (Å²) in [4.78, 5) is 1.79. The van der Waals surface area contributed by atoms with Crippen LogP contribution in [-0.2, 0) is 0 Å². The molecule has 0 radical (unpaired) electrons. The highest BCUT2D eigenvalue weighted by Gasteiger charge is 1.87. The van der Waals surface area contributed by atoms with E-state index in [0.29, 0.717) is 0 Å². The Bertz CT molecular complexity index is 382. The SMILES string of the molecule is CCCCCCC#C/C=C/CCCCCCC#C/C=C/Br. The minimum absolute atomic E-state index is 1.01. The Morgan fingerprint density at radius 1 is 0.762 bits per heavy atom. The molecule has 1 heteroatoms. The number of unbranched alkanes of at least 4 members (excludes halogenated alkanes) is 9. The fourth-order valence-corrected chi connectivity index (χ4v) is 2.04. The molecule has 0 bridgehead atoms. The molecular formula is C20H29Br. The molecule has 0 aromatic rings. The Morgan fingerprint density at radius 3 is 2.05 bits per heavy atom. The third-order valence-electron chi connectivity index (χ3n) is 3.13. The molecule has 116 valence electrons. The van der Waals surface area contributed by atoms with Gasteiger partial charge >= 0.3 is 0 Å². The predicted molar refractivity (Wildman–Crippen MR) is 99.2 cm³/mol. The number of hydrogen-bond donors (Lipinski definition) is 0. The third-order valence-corrected chi connectivity index (χ3v) is 3.39. The minimum Gasteiger partial charge on any atom is -0.0985 e. The van der Waals surface area contributed by atoms with E-state index < -0.39 is 0 Å². The van der Waals surface area contributed by atoms with E-state index in [1.165, 1.54) is 51.4 Å². The zero-order valence-corrected chi connectivity index (χ0v) is 15.1. The monoisotopic (exact) mass is 348 g/mol. The Balaban J connectivity index is 3.29. The maximum Gasteiger partial charge on any atom is 0.00922 e. The highest BCUT2D eigenvalue weighted by atomic mass is 79.9. The second-order valence-electron chi connectivity index (χ2n) is 5.10. The Morgan fingerprint density at radius 2 is 1.38 bits per heavy atom. The van der Waals surface area contributed by atoms with Crippen molar-refractivity contribution in [2.75, 3.05) is 0 Å². The molecule has 0 N–H and O–H groups in total. The van der Waals surface area contributed by atoms with Crippen molar-refractivity contribution < 1.29 is 0 Å². The Kier molecular flexibility index (Phi) is 18.2. The van der Waals surface area contributed by atoms with Crippen molar-refractivity contribution in [1.82, 2.24) is 0 Å². The highest BCUT2D eigenvalue weighted by molar-refractivity contribution is 9.11. The first kappa shape index (κ1) is 20.1. The summed E-state index contributed by atoms with van der Waals surface area (Å²) in [6, 6.07) is 0. The van der Waals surface area contributed by atoms with Crippen LogP contribution in [0.15, 0.2) is 23.2 Å². The maximum absolute atomic E-state index is 3.22. The molecular weight excluding hydrogens is 320 g/mol. The first-order valence-electron chi connectivity index (χ1n) is 8.28. The molecule has 0 saturated carbocycles. The van der Waals surface area contributed by atoms with Gasteiger partial charge in [-0.25, -0.2) is 0 Å². The van der Waals surface area contributed by atoms with Crippen LogP contribution in [0, 0.1) is 23.7 Å². The van der Waals surface area contributed by atoms with Gasteiger partial charge in [-0.3, -0.25) is 0 Å². The molecule has 0 aliphatic rings. The van der Waals surface area contributed by atoms with Gasteiger partial charge in [0.2, 0.25) is 0 Å². The zero-order chi connectivity index (χ0) is 15.4. The van der Waals surface area contributed by atoms with Crippen molar-refractivity contribution in [3.8, 4) is 23.7 Å². The number of allylic oxidation sites excluding steroid dienone is 3. The van der Waals surface area contributed by atoms with Gasteiger partial charge in [0.05, 0.1) is 0 Å². The minimum atomic E-state index is 1.01. The smallest absolute Gasteiger partial charge is 0.00922 e. The second kappa shape index (κ2) is 19.1. The second-order valence-corrected chi connectivity index (χ2v) is 5.63. The van der Waals surface area contributed by atoms with Crippen LogP contribution in [0.2, 0.25) is 0 Å². The van der Waals surface area contributed by atoms with E-state index in [1.54, 1.807) is 4.99 Å². The molecule has 0 atom stereocenters. The molecule has 0 aromatic carbocycles. The molecule has 0 aromatic heterocycles. The summed E-state index contributed by atoms with van der Waals surface area (Å²) < 4.78 is 0. The summed E-state index contributed by atoms with van der Waals surface area (Å²) in [5, 5.41) is 0. The van der Waals surface area contributed by atoms with E-state index in [-0.39, 0.29) is 0 Å². The summed E-state index contributed by atoms with van der Waals surface area (Å²) in [5.74, 6) is 12.5.